The number of terminal acetylenes is 2. The zero-order valence-corrected chi connectivity index (χ0v) is 7.47. The molecule has 0 aliphatic rings. The first-order chi connectivity index (χ1) is 6.20. The fourth-order valence-corrected chi connectivity index (χ4v) is 1.48. The Morgan fingerprint density at radius 3 is 2.46 bits per heavy atom. The largest absolute Gasteiger partial charge is 0.302 e. The highest BCUT2D eigenvalue weighted by molar-refractivity contribution is 7.79. The molecule has 0 aromatic heterocycles. The molecule has 0 spiro atoms. The van der Waals surface area contributed by atoms with E-state index in [0.717, 1.165) is 0 Å². The minimum absolute atomic E-state index is 0.179. The van der Waals surface area contributed by atoms with Gasteiger partial charge in [-0.3, -0.25) is 0 Å². The Morgan fingerprint density at radius 1 is 1.31 bits per heavy atom. The van der Waals surface area contributed by atoms with Crippen LogP contribution in [0, 0.1) is 24.7 Å². The molecule has 1 aromatic carbocycles. The first-order valence-electron chi connectivity index (χ1n) is 3.37. The molecule has 0 saturated carbocycles. The third-order valence-corrected chi connectivity index (χ3v) is 2.23. The molecular weight excluding hydrogens is 184 g/mol. The number of hydrogen-bond acceptors (Lipinski definition) is 1. The average Bonchev–Trinajstić information content (AvgIpc) is 2.16. The molecule has 0 aliphatic carbocycles. The van der Waals surface area contributed by atoms with Gasteiger partial charge in [0.25, 0.3) is 0 Å². The molecule has 13 heavy (non-hydrogen) atoms. The maximum atomic E-state index is 10.8. The fraction of sp³-hybridized carbons (Fsp3) is 0. The van der Waals surface area contributed by atoms with E-state index in [1.54, 1.807) is 12.1 Å². The van der Waals surface area contributed by atoms with Gasteiger partial charge in [0, 0.05) is 5.56 Å². The molecule has 1 atom stereocenters. The van der Waals surface area contributed by atoms with Crippen LogP contribution in [-0.4, -0.2) is 8.76 Å². The predicted octanol–water partition coefficient (Wildman–Crippen LogP) is 1.23. The molecule has 2 nitrogen and oxygen atoms in total. The van der Waals surface area contributed by atoms with Crippen LogP contribution in [0.15, 0.2) is 23.1 Å². The van der Waals surface area contributed by atoms with Gasteiger partial charge < -0.3 is 4.55 Å². The Bertz CT molecular complexity index is 435. The smallest absolute Gasteiger partial charge is 0.187 e. The SMILES string of the molecule is C#Cc1cccc(S(=O)O)c1C#C. The van der Waals surface area contributed by atoms with Crippen LogP contribution in [0.3, 0.4) is 0 Å². The van der Waals surface area contributed by atoms with Crippen molar-refractivity contribution in [3.63, 3.8) is 0 Å². The van der Waals surface area contributed by atoms with Gasteiger partial charge >= 0.3 is 0 Å². The Balaban J connectivity index is 3.49. The summed E-state index contributed by atoms with van der Waals surface area (Å²) in [6, 6.07) is 4.71. The minimum Gasteiger partial charge on any atom is -0.302 e. The monoisotopic (exact) mass is 190 g/mol. The Labute approximate surface area is 79.3 Å². The summed E-state index contributed by atoms with van der Waals surface area (Å²) in [5, 5.41) is 0. The molecular formula is C10H6O2S. The van der Waals surface area contributed by atoms with E-state index in [9.17, 15) is 4.21 Å². The van der Waals surface area contributed by atoms with Crippen LogP contribution in [0.4, 0.5) is 0 Å². The van der Waals surface area contributed by atoms with Gasteiger partial charge in [-0.1, -0.05) is 17.9 Å². The lowest BCUT2D eigenvalue weighted by Crippen LogP contribution is -1.95. The lowest BCUT2D eigenvalue weighted by molar-refractivity contribution is 0.564. The maximum absolute atomic E-state index is 10.8. The molecule has 0 aliphatic heterocycles. The van der Waals surface area contributed by atoms with E-state index in [1.807, 2.05) is 0 Å². The Kier molecular flexibility index (Phi) is 2.87. The topological polar surface area (TPSA) is 37.3 Å². The Morgan fingerprint density at radius 2 is 2.00 bits per heavy atom. The third kappa shape index (κ3) is 1.78. The van der Waals surface area contributed by atoms with E-state index >= 15 is 0 Å². The van der Waals surface area contributed by atoms with Crippen molar-refractivity contribution >= 4 is 11.1 Å². The number of hydrogen-bond donors (Lipinski definition) is 1. The van der Waals surface area contributed by atoms with Crippen molar-refractivity contribution < 1.29 is 8.76 Å². The molecule has 0 fully saturated rings. The second-order valence-corrected chi connectivity index (χ2v) is 3.15. The molecule has 0 saturated heterocycles. The molecule has 1 aromatic rings. The van der Waals surface area contributed by atoms with E-state index in [4.69, 9.17) is 17.4 Å². The van der Waals surface area contributed by atoms with Crippen LogP contribution < -0.4 is 0 Å². The lowest BCUT2D eigenvalue weighted by Gasteiger charge is -2.01. The molecule has 1 N–H and O–H groups in total. The van der Waals surface area contributed by atoms with Crippen LogP contribution in [0.1, 0.15) is 11.1 Å². The highest BCUT2D eigenvalue weighted by atomic mass is 32.2. The van der Waals surface area contributed by atoms with E-state index in [0.29, 0.717) is 11.1 Å². The third-order valence-electron chi connectivity index (χ3n) is 1.51. The summed E-state index contributed by atoms with van der Waals surface area (Å²) in [5.41, 5.74) is 0.772. The van der Waals surface area contributed by atoms with Gasteiger partial charge in [0.2, 0.25) is 0 Å². The Hall–Kier alpha value is -1.55. The first kappa shape index (κ1) is 9.54. The lowest BCUT2D eigenvalue weighted by atomic mass is 10.1. The van der Waals surface area contributed by atoms with E-state index < -0.39 is 11.1 Å². The molecule has 0 bridgehead atoms. The standard InChI is InChI=1S/C10H6O2S/c1-3-8-6-5-7-10(13(11)12)9(8)4-2/h1-2,5-7H,(H,11,12). The molecule has 1 rings (SSSR count). The van der Waals surface area contributed by atoms with Crippen LogP contribution in [0.5, 0.6) is 0 Å². The normalized spacial score (nSPS) is 11.3. The van der Waals surface area contributed by atoms with Crippen molar-refractivity contribution in [2.45, 2.75) is 4.90 Å². The van der Waals surface area contributed by atoms with Gasteiger partial charge in [-0.15, -0.1) is 12.8 Å². The summed E-state index contributed by atoms with van der Waals surface area (Å²) in [6.07, 6.45) is 10.3. The van der Waals surface area contributed by atoms with Crippen molar-refractivity contribution in [3.8, 4) is 24.7 Å². The van der Waals surface area contributed by atoms with E-state index in [1.165, 1.54) is 6.07 Å². The van der Waals surface area contributed by atoms with Crippen molar-refractivity contribution in [2.24, 2.45) is 0 Å². The van der Waals surface area contributed by atoms with Gasteiger partial charge in [0.1, 0.15) is 0 Å². The van der Waals surface area contributed by atoms with Crippen LogP contribution >= 0.6 is 0 Å². The van der Waals surface area contributed by atoms with Crippen LogP contribution in [0.25, 0.3) is 0 Å². The summed E-state index contributed by atoms with van der Waals surface area (Å²) in [6.45, 7) is 0. The van der Waals surface area contributed by atoms with Crippen LogP contribution in [-0.2, 0) is 11.1 Å². The average molecular weight is 190 g/mol. The summed E-state index contributed by atoms with van der Waals surface area (Å²) in [4.78, 5) is 0.179. The van der Waals surface area contributed by atoms with Gasteiger partial charge in [-0.05, 0) is 12.1 Å². The highest BCUT2D eigenvalue weighted by Gasteiger charge is 2.08. The highest BCUT2D eigenvalue weighted by Crippen LogP contribution is 2.15. The number of rotatable bonds is 1. The van der Waals surface area contributed by atoms with Crippen molar-refractivity contribution in [1.29, 1.82) is 0 Å². The predicted molar refractivity (Wildman–Crippen MR) is 51.3 cm³/mol. The zero-order valence-electron chi connectivity index (χ0n) is 6.65. The van der Waals surface area contributed by atoms with Crippen LogP contribution in [0.2, 0.25) is 0 Å². The van der Waals surface area contributed by atoms with E-state index in [-0.39, 0.29) is 4.90 Å². The van der Waals surface area contributed by atoms with Gasteiger partial charge in [-0.25, -0.2) is 4.21 Å². The summed E-state index contributed by atoms with van der Waals surface area (Å²) in [5.74, 6) is 4.65. The fourth-order valence-electron chi connectivity index (χ4n) is 0.946. The van der Waals surface area contributed by atoms with E-state index in [2.05, 4.69) is 11.8 Å². The first-order valence-corrected chi connectivity index (χ1v) is 4.48. The zero-order chi connectivity index (χ0) is 9.84. The molecule has 0 amide bonds. The second-order valence-electron chi connectivity index (χ2n) is 2.22. The summed E-state index contributed by atoms with van der Waals surface area (Å²) < 4.78 is 19.7. The molecule has 1 unspecified atom stereocenters. The molecule has 0 heterocycles. The summed E-state index contributed by atoms with van der Waals surface area (Å²) >= 11 is -2.09. The molecule has 3 heteroatoms. The summed E-state index contributed by atoms with van der Waals surface area (Å²) in [7, 11) is 0. The van der Waals surface area contributed by atoms with Crippen molar-refractivity contribution in [1.82, 2.24) is 0 Å². The quantitative estimate of drug-likeness (QED) is 0.534. The molecule has 0 radical (unpaired) electrons. The van der Waals surface area contributed by atoms with Gasteiger partial charge in [0.15, 0.2) is 11.1 Å². The van der Waals surface area contributed by atoms with Gasteiger partial charge in [-0.2, -0.15) is 0 Å². The van der Waals surface area contributed by atoms with Crippen molar-refractivity contribution in [3.05, 3.63) is 29.3 Å². The maximum Gasteiger partial charge on any atom is 0.187 e. The second kappa shape index (κ2) is 3.91. The van der Waals surface area contributed by atoms with Gasteiger partial charge in [0.05, 0.1) is 10.5 Å². The minimum atomic E-state index is -2.09. The van der Waals surface area contributed by atoms with Crippen molar-refractivity contribution in [2.75, 3.05) is 0 Å². The number of benzene rings is 1. The molecule has 64 valence electrons.